The number of alkyl halides is 3. The molecule has 0 atom stereocenters. The first-order valence-electron chi connectivity index (χ1n) is 11.2. The Balaban J connectivity index is 1.41. The Labute approximate surface area is 167 Å². The van der Waals surface area contributed by atoms with Crippen LogP contribution in [0, 0.1) is 17.8 Å². The molecule has 0 amide bonds. The fourth-order valence-electron chi connectivity index (χ4n) is 5.37. The lowest BCUT2D eigenvalue weighted by Crippen LogP contribution is -2.25. The normalized spacial score (nSPS) is 28.9. The summed E-state index contributed by atoms with van der Waals surface area (Å²) in [5, 5.41) is 0. The highest BCUT2D eigenvalue weighted by atomic mass is 19.4. The minimum absolute atomic E-state index is 0.374. The Bertz CT molecular complexity index is 571. The van der Waals surface area contributed by atoms with Crippen molar-refractivity contribution in [3.8, 4) is 5.88 Å². The maximum Gasteiger partial charge on any atom is 0.574 e. The van der Waals surface area contributed by atoms with Gasteiger partial charge in [0.1, 0.15) is 0 Å². The van der Waals surface area contributed by atoms with Crippen molar-refractivity contribution in [1.29, 1.82) is 0 Å². The number of halogens is 3. The number of unbranched alkanes of at least 4 members (excludes halogenated alkanes) is 2. The monoisotopic (exact) mass is 397 g/mol. The molecule has 0 radical (unpaired) electrons. The second kappa shape index (κ2) is 9.98. The number of pyridine rings is 1. The Morgan fingerprint density at radius 2 is 1.57 bits per heavy atom. The third kappa shape index (κ3) is 6.38. The van der Waals surface area contributed by atoms with E-state index in [1.54, 1.807) is 12.3 Å². The van der Waals surface area contributed by atoms with Crippen LogP contribution in [0.15, 0.2) is 18.3 Å². The van der Waals surface area contributed by atoms with E-state index >= 15 is 0 Å². The highest BCUT2D eigenvalue weighted by molar-refractivity contribution is 5.22. The molecule has 28 heavy (non-hydrogen) atoms. The fraction of sp³-hybridized carbons (Fsp3) is 0.783. The van der Waals surface area contributed by atoms with Crippen molar-refractivity contribution >= 4 is 0 Å². The molecule has 0 bridgehead atoms. The van der Waals surface area contributed by atoms with E-state index in [2.05, 4.69) is 16.6 Å². The maximum absolute atomic E-state index is 12.3. The van der Waals surface area contributed by atoms with Crippen LogP contribution in [0.25, 0.3) is 0 Å². The molecule has 2 aliphatic rings. The summed E-state index contributed by atoms with van der Waals surface area (Å²) in [6, 6.07) is 3.09. The lowest BCUT2D eigenvalue weighted by Gasteiger charge is -2.38. The van der Waals surface area contributed by atoms with Crippen LogP contribution in [0.4, 0.5) is 13.2 Å². The molecule has 2 aliphatic carbocycles. The summed E-state index contributed by atoms with van der Waals surface area (Å²) in [4.78, 5) is 3.84. The molecule has 158 valence electrons. The molecule has 2 saturated carbocycles. The largest absolute Gasteiger partial charge is 0.574 e. The zero-order valence-electron chi connectivity index (χ0n) is 17.0. The van der Waals surface area contributed by atoms with E-state index < -0.39 is 6.36 Å². The lowest BCUT2D eigenvalue weighted by atomic mass is 9.68. The summed E-state index contributed by atoms with van der Waals surface area (Å²) in [6.45, 7) is 2.27. The lowest BCUT2D eigenvalue weighted by molar-refractivity contribution is -0.276. The molecule has 2 fully saturated rings. The summed E-state index contributed by atoms with van der Waals surface area (Å²) in [5.41, 5.74) is 1.05. The van der Waals surface area contributed by atoms with Crippen molar-refractivity contribution in [2.24, 2.45) is 17.8 Å². The van der Waals surface area contributed by atoms with Gasteiger partial charge in [0, 0.05) is 12.3 Å². The molecular formula is C23H34F3NO. The fourth-order valence-corrected chi connectivity index (χ4v) is 5.37. The molecular weight excluding hydrogens is 363 g/mol. The summed E-state index contributed by atoms with van der Waals surface area (Å²) in [6.07, 6.45) is 12.8. The van der Waals surface area contributed by atoms with E-state index in [0.29, 0.717) is 5.92 Å². The maximum atomic E-state index is 12.3. The first-order valence-corrected chi connectivity index (χ1v) is 11.2. The van der Waals surface area contributed by atoms with Crippen LogP contribution in [0.1, 0.15) is 95.5 Å². The minimum Gasteiger partial charge on any atom is -0.388 e. The average molecular weight is 398 g/mol. The molecule has 0 aromatic carbocycles. The van der Waals surface area contributed by atoms with Crippen LogP contribution in [0.5, 0.6) is 5.88 Å². The van der Waals surface area contributed by atoms with Crippen molar-refractivity contribution < 1.29 is 17.9 Å². The predicted octanol–water partition coefficient (Wildman–Crippen LogP) is 7.64. The van der Waals surface area contributed by atoms with Crippen LogP contribution < -0.4 is 4.74 Å². The molecule has 0 N–H and O–H groups in total. The number of nitrogens with zero attached hydrogens (tertiary/aromatic N) is 1. The number of hydrogen-bond donors (Lipinski definition) is 0. The van der Waals surface area contributed by atoms with Crippen LogP contribution in [0.2, 0.25) is 0 Å². The Kier molecular flexibility index (Phi) is 7.64. The first-order chi connectivity index (χ1) is 13.4. The van der Waals surface area contributed by atoms with E-state index in [-0.39, 0.29) is 5.88 Å². The van der Waals surface area contributed by atoms with Gasteiger partial charge in [-0.3, -0.25) is 0 Å². The van der Waals surface area contributed by atoms with Crippen LogP contribution >= 0.6 is 0 Å². The zero-order valence-corrected chi connectivity index (χ0v) is 17.0. The summed E-state index contributed by atoms with van der Waals surface area (Å²) < 4.78 is 40.6. The van der Waals surface area contributed by atoms with Crippen LogP contribution in [0.3, 0.4) is 0 Å². The molecule has 5 heteroatoms. The Hall–Kier alpha value is -1.26. The van der Waals surface area contributed by atoms with Gasteiger partial charge in [-0.25, -0.2) is 4.98 Å². The van der Waals surface area contributed by atoms with Gasteiger partial charge in [-0.2, -0.15) is 0 Å². The Morgan fingerprint density at radius 3 is 2.11 bits per heavy atom. The van der Waals surface area contributed by atoms with Crippen molar-refractivity contribution in [3.63, 3.8) is 0 Å². The molecule has 1 aromatic heterocycles. The molecule has 3 rings (SSSR count). The predicted molar refractivity (Wildman–Crippen MR) is 105 cm³/mol. The molecule has 1 heterocycles. The summed E-state index contributed by atoms with van der Waals surface area (Å²) >= 11 is 0. The molecule has 0 spiro atoms. The van der Waals surface area contributed by atoms with Crippen LogP contribution in [-0.4, -0.2) is 11.3 Å². The van der Waals surface area contributed by atoms with Gasteiger partial charge in [-0.1, -0.05) is 51.5 Å². The molecule has 2 nitrogen and oxygen atoms in total. The quantitative estimate of drug-likeness (QED) is 0.441. The van der Waals surface area contributed by atoms with Crippen molar-refractivity contribution in [2.45, 2.75) is 96.3 Å². The van der Waals surface area contributed by atoms with Gasteiger partial charge in [-0.15, -0.1) is 13.2 Å². The van der Waals surface area contributed by atoms with Gasteiger partial charge in [0.2, 0.25) is 5.88 Å². The summed E-state index contributed by atoms with van der Waals surface area (Å²) in [5.74, 6) is 2.75. The van der Waals surface area contributed by atoms with Crippen molar-refractivity contribution in [1.82, 2.24) is 4.98 Å². The van der Waals surface area contributed by atoms with Gasteiger partial charge in [0.05, 0.1) is 0 Å². The van der Waals surface area contributed by atoms with Gasteiger partial charge in [0.25, 0.3) is 0 Å². The second-order valence-corrected chi connectivity index (χ2v) is 8.87. The standard InChI is InChI=1S/C23H34F3NO/c1-2-3-4-5-17-6-8-18(9-7-17)19-10-12-20(13-11-19)21-14-15-22(27-16-21)28-23(24,25)26/h14-20H,2-13H2,1H3/t17-,18-,19?,20?. The third-order valence-electron chi connectivity index (χ3n) is 7.00. The second-order valence-electron chi connectivity index (χ2n) is 8.87. The zero-order chi connectivity index (χ0) is 20.0. The number of rotatable bonds is 7. The first kappa shape index (κ1) is 21.4. The van der Waals surface area contributed by atoms with E-state index in [0.717, 1.165) is 36.2 Å². The molecule has 0 unspecified atom stereocenters. The molecule has 1 aromatic rings. The number of ether oxygens (including phenoxy) is 1. The highest BCUT2D eigenvalue weighted by Crippen LogP contribution is 2.44. The minimum atomic E-state index is -4.68. The SMILES string of the molecule is CCCCC[C@H]1CC[C@H](C2CCC(c3ccc(OC(F)(F)F)nc3)CC2)CC1. The van der Waals surface area contributed by atoms with Gasteiger partial charge < -0.3 is 4.74 Å². The van der Waals surface area contributed by atoms with Crippen molar-refractivity contribution in [3.05, 3.63) is 23.9 Å². The van der Waals surface area contributed by atoms with Gasteiger partial charge in [-0.05, 0) is 67.8 Å². The smallest absolute Gasteiger partial charge is 0.388 e. The third-order valence-corrected chi connectivity index (χ3v) is 7.00. The number of hydrogen-bond acceptors (Lipinski definition) is 2. The highest BCUT2D eigenvalue weighted by Gasteiger charge is 2.33. The van der Waals surface area contributed by atoms with Crippen molar-refractivity contribution in [2.75, 3.05) is 0 Å². The molecule has 0 saturated heterocycles. The van der Waals surface area contributed by atoms with E-state index in [1.807, 2.05) is 0 Å². The Morgan fingerprint density at radius 1 is 0.929 bits per heavy atom. The summed E-state index contributed by atoms with van der Waals surface area (Å²) in [7, 11) is 0. The van der Waals surface area contributed by atoms with Gasteiger partial charge in [0.15, 0.2) is 0 Å². The number of aromatic nitrogens is 1. The topological polar surface area (TPSA) is 22.1 Å². The van der Waals surface area contributed by atoms with E-state index in [4.69, 9.17) is 0 Å². The average Bonchev–Trinajstić information content (AvgIpc) is 2.68. The van der Waals surface area contributed by atoms with Gasteiger partial charge >= 0.3 is 6.36 Å². The van der Waals surface area contributed by atoms with Crippen LogP contribution in [-0.2, 0) is 0 Å². The molecule has 0 aliphatic heterocycles. The van der Waals surface area contributed by atoms with E-state index in [9.17, 15) is 13.2 Å². The van der Waals surface area contributed by atoms with E-state index in [1.165, 1.54) is 70.3 Å².